The minimum atomic E-state index is -0.477. The molecule has 4 aliphatic rings. The van der Waals surface area contributed by atoms with E-state index >= 15 is 0 Å². The zero-order valence-corrected chi connectivity index (χ0v) is 12.9. The second-order valence-electron chi connectivity index (χ2n) is 8.01. The van der Waals surface area contributed by atoms with Crippen LogP contribution in [0.5, 0.6) is 0 Å². The van der Waals surface area contributed by atoms with Crippen LogP contribution in [0.15, 0.2) is 0 Å². The summed E-state index contributed by atoms with van der Waals surface area (Å²) in [5.74, 6) is 1.03. The minimum absolute atomic E-state index is 0.0774. The second-order valence-corrected chi connectivity index (χ2v) is 8.01. The molecular weight excluding hydrogens is 250 g/mol. The summed E-state index contributed by atoms with van der Waals surface area (Å²) in [5, 5.41) is 0. The number of nitrogens with zero attached hydrogens (tertiary/aromatic N) is 1. The summed E-state index contributed by atoms with van der Waals surface area (Å²) >= 11 is 0. The predicted molar refractivity (Wildman–Crippen MR) is 77.3 cm³/mol. The van der Waals surface area contributed by atoms with Gasteiger partial charge in [0.25, 0.3) is 5.91 Å². The maximum atomic E-state index is 13.3. The van der Waals surface area contributed by atoms with Crippen LogP contribution >= 0.6 is 0 Å². The number of amides is 1. The Morgan fingerprint density at radius 2 is 1.85 bits per heavy atom. The minimum Gasteiger partial charge on any atom is -0.364 e. The van der Waals surface area contributed by atoms with Crippen LogP contribution < -0.4 is 0 Å². The molecule has 4 rings (SSSR count). The maximum Gasteiger partial charge on any atom is 0.255 e. The Balaban J connectivity index is 1.66. The topological polar surface area (TPSA) is 29.5 Å². The first-order valence-electron chi connectivity index (χ1n) is 8.47. The molecule has 112 valence electrons. The average molecular weight is 277 g/mol. The highest BCUT2D eigenvalue weighted by Crippen LogP contribution is 2.75. The summed E-state index contributed by atoms with van der Waals surface area (Å²) in [4.78, 5) is 15.4. The SMILES string of the molecule is C[C@@]12CC[C@H]3C[C@]1(C(=O)N1CCCCCC1)OC[C@]32C. The Kier molecular flexibility index (Phi) is 2.62. The molecule has 2 saturated heterocycles. The van der Waals surface area contributed by atoms with Gasteiger partial charge in [-0.3, -0.25) is 4.79 Å². The fraction of sp³-hybridized carbons (Fsp3) is 0.941. The molecule has 0 N–H and O–H groups in total. The number of carbonyl (C=O) groups excluding carboxylic acids is 1. The summed E-state index contributed by atoms with van der Waals surface area (Å²) in [6.45, 7) is 7.40. The van der Waals surface area contributed by atoms with Crippen LogP contribution in [0.1, 0.15) is 58.8 Å². The number of hydrogen-bond acceptors (Lipinski definition) is 2. The lowest BCUT2D eigenvalue weighted by atomic mass is 9.66. The quantitative estimate of drug-likeness (QED) is 0.737. The lowest BCUT2D eigenvalue weighted by Crippen LogP contribution is -2.56. The van der Waals surface area contributed by atoms with Gasteiger partial charge in [0.15, 0.2) is 5.60 Å². The van der Waals surface area contributed by atoms with Crippen LogP contribution in [0.4, 0.5) is 0 Å². The number of ether oxygens (including phenoxy) is 1. The van der Waals surface area contributed by atoms with Crippen LogP contribution in [0, 0.1) is 16.7 Å². The molecule has 2 aliphatic carbocycles. The highest BCUT2D eigenvalue weighted by molar-refractivity contribution is 5.88. The molecule has 0 unspecified atom stereocenters. The smallest absolute Gasteiger partial charge is 0.255 e. The largest absolute Gasteiger partial charge is 0.364 e. The first kappa shape index (κ1) is 13.1. The van der Waals surface area contributed by atoms with E-state index in [9.17, 15) is 4.79 Å². The van der Waals surface area contributed by atoms with Gasteiger partial charge in [0.2, 0.25) is 0 Å². The van der Waals surface area contributed by atoms with Crippen molar-refractivity contribution in [3.05, 3.63) is 0 Å². The number of likely N-dealkylation sites (tertiary alicyclic amines) is 1. The van der Waals surface area contributed by atoms with E-state index in [0.29, 0.717) is 11.8 Å². The summed E-state index contributed by atoms with van der Waals surface area (Å²) in [5.41, 5.74) is -0.155. The van der Waals surface area contributed by atoms with Crippen molar-refractivity contribution in [1.82, 2.24) is 4.90 Å². The summed E-state index contributed by atoms with van der Waals surface area (Å²) in [7, 11) is 0. The molecule has 0 aromatic heterocycles. The predicted octanol–water partition coefficient (Wildman–Crippen LogP) is 2.98. The molecule has 2 saturated carbocycles. The molecular formula is C17H27NO2. The van der Waals surface area contributed by atoms with Crippen LogP contribution in [0.2, 0.25) is 0 Å². The molecule has 0 radical (unpaired) electrons. The Morgan fingerprint density at radius 1 is 1.15 bits per heavy atom. The van der Waals surface area contributed by atoms with Crippen molar-refractivity contribution in [2.45, 2.75) is 64.4 Å². The van der Waals surface area contributed by atoms with Gasteiger partial charge in [-0.25, -0.2) is 0 Å². The lowest BCUT2D eigenvalue weighted by Gasteiger charge is -2.42. The molecule has 2 heterocycles. The van der Waals surface area contributed by atoms with Gasteiger partial charge in [0.05, 0.1) is 6.61 Å². The molecule has 4 bridgehead atoms. The fourth-order valence-electron chi connectivity index (χ4n) is 5.76. The number of rotatable bonds is 1. The molecule has 20 heavy (non-hydrogen) atoms. The van der Waals surface area contributed by atoms with E-state index in [1.165, 1.54) is 38.5 Å². The van der Waals surface area contributed by atoms with E-state index < -0.39 is 5.60 Å². The highest BCUT2D eigenvalue weighted by atomic mass is 16.5. The van der Waals surface area contributed by atoms with E-state index in [2.05, 4.69) is 18.7 Å². The van der Waals surface area contributed by atoms with Gasteiger partial charge in [-0.1, -0.05) is 26.7 Å². The highest BCUT2D eigenvalue weighted by Gasteiger charge is 2.78. The average Bonchev–Trinajstić information content (AvgIpc) is 2.79. The van der Waals surface area contributed by atoms with Crippen molar-refractivity contribution in [2.24, 2.45) is 16.7 Å². The van der Waals surface area contributed by atoms with Crippen molar-refractivity contribution in [3.8, 4) is 0 Å². The van der Waals surface area contributed by atoms with Gasteiger partial charge in [-0.05, 0) is 38.0 Å². The molecule has 3 nitrogen and oxygen atoms in total. The molecule has 0 spiro atoms. The van der Waals surface area contributed by atoms with Gasteiger partial charge in [0, 0.05) is 23.9 Å². The summed E-state index contributed by atoms with van der Waals surface area (Å²) in [6, 6.07) is 0. The molecule has 0 aromatic rings. The monoisotopic (exact) mass is 277 g/mol. The molecule has 4 fully saturated rings. The number of hydrogen-bond donors (Lipinski definition) is 0. The van der Waals surface area contributed by atoms with E-state index in [1.807, 2.05) is 0 Å². The molecule has 2 aliphatic heterocycles. The van der Waals surface area contributed by atoms with Gasteiger partial charge in [-0.2, -0.15) is 0 Å². The number of carbonyl (C=O) groups is 1. The molecule has 0 aromatic carbocycles. The standard InChI is InChI=1S/C17H27NO2/c1-15-12-20-17(11-13(15)7-8-16(15,17)2)14(19)18-9-5-3-4-6-10-18/h13H,3-12H2,1-2H3/t13-,15+,16-,17+/m0/s1. The first-order chi connectivity index (χ1) is 9.54. The van der Waals surface area contributed by atoms with E-state index in [1.54, 1.807) is 0 Å². The van der Waals surface area contributed by atoms with E-state index in [4.69, 9.17) is 4.74 Å². The Morgan fingerprint density at radius 3 is 2.45 bits per heavy atom. The first-order valence-corrected chi connectivity index (χ1v) is 8.47. The summed E-state index contributed by atoms with van der Waals surface area (Å²) in [6.07, 6.45) is 8.33. The van der Waals surface area contributed by atoms with E-state index in [0.717, 1.165) is 26.1 Å². The van der Waals surface area contributed by atoms with Crippen molar-refractivity contribution in [2.75, 3.05) is 19.7 Å². The molecule has 4 atom stereocenters. The van der Waals surface area contributed by atoms with Gasteiger partial charge in [0.1, 0.15) is 0 Å². The Labute approximate surface area is 122 Å². The van der Waals surface area contributed by atoms with Crippen LogP contribution in [0.25, 0.3) is 0 Å². The third-order valence-electron chi connectivity index (χ3n) is 7.44. The van der Waals surface area contributed by atoms with Gasteiger partial charge >= 0.3 is 0 Å². The lowest BCUT2D eigenvalue weighted by molar-refractivity contribution is -0.167. The Bertz CT molecular complexity index is 442. The van der Waals surface area contributed by atoms with Gasteiger partial charge < -0.3 is 9.64 Å². The van der Waals surface area contributed by atoms with Crippen LogP contribution in [-0.4, -0.2) is 36.1 Å². The zero-order chi connectivity index (χ0) is 14.0. The van der Waals surface area contributed by atoms with Crippen LogP contribution in [0.3, 0.4) is 0 Å². The summed E-state index contributed by atoms with van der Waals surface area (Å²) < 4.78 is 6.24. The van der Waals surface area contributed by atoms with Crippen molar-refractivity contribution in [3.63, 3.8) is 0 Å². The molecule has 3 heteroatoms. The Hall–Kier alpha value is -0.570. The van der Waals surface area contributed by atoms with Gasteiger partial charge in [-0.15, -0.1) is 0 Å². The second kappa shape index (κ2) is 4.00. The normalized spacial score (nSPS) is 50.5. The van der Waals surface area contributed by atoms with Crippen molar-refractivity contribution < 1.29 is 9.53 Å². The van der Waals surface area contributed by atoms with E-state index in [-0.39, 0.29) is 10.8 Å². The maximum absolute atomic E-state index is 13.3. The fourth-order valence-corrected chi connectivity index (χ4v) is 5.76. The zero-order valence-electron chi connectivity index (χ0n) is 12.9. The van der Waals surface area contributed by atoms with Crippen molar-refractivity contribution in [1.29, 1.82) is 0 Å². The third kappa shape index (κ3) is 1.29. The van der Waals surface area contributed by atoms with Crippen molar-refractivity contribution >= 4 is 5.91 Å². The third-order valence-corrected chi connectivity index (χ3v) is 7.44. The molecule has 1 amide bonds. The van der Waals surface area contributed by atoms with Crippen LogP contribution in [-0.2, 0) is 9.53 Å².